The molecular formula is C25H30FN5O5. The summed E-state index contributed by atoms with van der Waals surface area (Å²) >= 11 is 0. The number of nitrogens with one attached hydrogen (secondary N) is 3. The van der Waals surface area contributed by atoms with Gasteiger partial charge in [-0.2, -0.15) is 0 Å². The molecule has 0 spiro atoms. The molecule has 0 fully saturated rings. The van der Waals surface area contributed by atoms with Crippen LogP contribution in [0, 0.1) is 11.7 Å². The molecule has 1 aromatic heterocycles. The fourth-order valence-corrected chi connectivity index (χ4v) is 3.87. The molecule has 0 bridgehead atoms. The maximum absolute atomic E-state index is 14.6. The van der Waals surface area contributed by atoms with Crippen molar-refractivity contribution < 1.29 is 28.3 Å². The Morgan fingerprint density at radius 1 is 1.17 bits per heavy atom. The Morgan fingerprint density at radius 3 is 2.50 bits per heavy atom. The van der Waals surface area contributed by atoms with Crippen LogP contribution in [-0.2, 0) is 25.5 Å². The van der Waals surface area contributed by atoms with Crippen molar-refractivity contribution in [2.45, 2.75) is 45.3 Å². The van der Waals surface area contributed by atoms with Gasteiger partial charge in [0.1, 0.15) is 23.7 Å². The summed E-state index contributed by atoms with van der Waals surface area (Å²) < 4.78 is 19.2. The number of aromatic nitrogens is 1. The first-order chi connectivity index (χ1) is 17.1. The van der Waals surface area contributed by atoms with E-state index < -0.39 is 41.7 Å². The molecule has 36 heavy (non-hydrogen) atoms. The van der Waals surface area contributed by atoms with E-state index in [2.05, 4.69) is 25.7 Å². The Bertz CT molecular complexity index is 1170. The van der Waals surface area contributed by atoms with E-state index in [4.69, 9.17) is 0 Å². The Labute approximate surface area is 208 Å². The predicted octanol–water partition coefficient (Wildman–Crippen LogP) is 1.65. The van der Waals surface area contributed by atoms with Crippen molar-refractivity contribution in [2.24, 2.45) is 5.92 Å². The lowest BCUT2D eigenvalue weighted by Crippen LogP contribution is -2.57. The van der Waals surface area contributed by atoms with Gasteiger partial charge in [-0.25, -0.2) is 14.2 Å². The number of carbonyl (C=O) groups excluding carboxylic acids is 4. The SMILES string of the molecule is CNC(C)C(=O)NC(C(=O)N1c2ncccc2CC1C(=O)Nc1ccc(C(=O)OC)cc1F)C(C)C. The van der Waals surface area contributed by atoms with E-state index >= 15 is 0 Å². The summed E-state index contributed by atoms with van der Waals surface area (Å²) in [7, 11) is 2.81. The number of amides is 3. The van der Waals surface area contributed by atoms with E-state index in [1.165, 1.54) is 30.3 Å². The van der Waals surface area contributed by atoms with Crippen molar-refractivity contribution in [2.75, 3.05) is 24.4 Å². The molecule has 1 aliphatic rings. The number of benzene rings is 1. The number of halogens is 1. The number of anilines is 2. The molecule has 0 saturated heterocycles. The third kappa shape index (κ3) is 5.51. The molecule has 2 aromatic rings. The maximum Gasteiger partial charge on any atom is 0.337 e. The van der Waals surface area contributed by atoms with Crippen molar-refractivity contribution in [3.63, 3.8) is 0 Å². The van der Waals surface area contributed by atoms with E-state index in [9.17, 15) is 23.6 Å². The number of fused-ring (bicyclic) bond motifs is 1. The Hall–Kier alpha value is -3.86. The van der Waals surface area contributed by atoms with Gasteiger partial charge in [0.05, 0.1) is 24.4 Å². The van der Waals surface area contributed by atoms with Crippen molar-refractivity contribution in [1.29, 1.82) is 0 Å². The number of likely N-dealkylation sites (N-methyl/N-ethyl adjacent to an activating group) is 1. The second-order valence-corrected chi connectivity index (χ2v) is 8.83. The third-order valence-electron chi connectivity index (χ3n) is 6.07. The summed E-state index contributed by atoms with van der Waals surface area (Å²) in [6, 6.07) is 4.51. The molecule has 3 rings (SSSR count). The summed E-state index contributed by atoms with van der Waals surface area (Å²) in [6.45, 7) is 5.24. The van der Waals surface area contributed by atoms with Crippen molar-refractivity contribution in [1.82, 2.24) is 15.6 Å². The number of esters is 1. The van der Waals surface area contributed by atoms with Crippen LogP contribution < -0.4 is 20.9 Å². The van der Waals surface area contributed by atoms with Gasteiger partial charge >= 0.3 is 5.97 Å². The van der Waals surface area contributed by atoms with E-state index in [0.717, 1.165) is 6.07 Å². The lowest BCUT2D eigenvalue weighted by atomic mass is 10.0. The highest BCUT2D eigenvalue weighted by atomic mass is 19.1. The number of nitrogens with zero attached hydrogens (tertiary/aromatic N) is 2. The van der Waals surface area contributed by atoms with Crippen molar-refractivity contribution in [3.8, 4) is 0 Å². The molecule has 0 radical (unpaired) electrons. The van der Waals surface area contributed by atoms with E-state index in [0.29, 0.717) is 11.4 Å². The van der Waals surface area contributed by atoms with Crippen molar-refractivity contribution >= 4 is 35.2 Å². The predicted molar refractivity (Wildman–Crippen MR) is 131 cm³/mol. The van der Waals surface area contributed by atoms with Crippen LogP contribution in [-0.4, -0.2) is 61.0 Å². The van der Waals surface area contributed by atoms with Crippen LogP contribution in [0.1, 0.15) is 36.7 Å². The molecule has 0 saturated carbocycles. The molecule has 3 N–H and O–H groups in total. The summed E-state index contributed by atoms with van der Waals surface area (Å²) in [5, 5.41) is 8.10. The van der Waals surface area contributed by atoms with E-state index in [1.807, 2.05) is 0 Å². The second kappa shape index (κ2) is 11.3. The zero-order valence-electron chi connectivity index (χ0n) is 20.8. The Balaban J connectivity index is 1.90. The Morgan fingerprint density at radius 2 is 1.89 bits per heavy atom. The number of ether oxygens (including phenoxy) is 1. The molecular weight excluding hydrogens is 469 g/mol. The summed E-state index contributed by atoms with van der Waals surface area (Å²) in [5.41, 5.74) is 0.513. The topological polar surface area (TPSA) is 130 Å². The average molecular weight is 500 g/mol. The van der Waals surface area contributed by atoms with Crippen LogP contribution in [0.3, 0.4) is 0 Å². The van der Waals surface area contributed by atoms with Crippen LogP contribution >= 0.6 is 0 Å². The highest BCUT2D eigenvalue weighted by Gasteiger charge is 2.43. The zero-order valence-corrected chi connectivity index (χ0v) is 20.8. The largest absolute Gasteiger partial charge is 0.465 e. The molecule has 3 unspecified atom stereocenters. The molecule has 1 aliphatic heterocycles. The highest BCUT2D eigenvalue weighted by molar-refractivity contribution is 6.09. The number of hydrogen-bond donors (Lipinski definition) is 3. The number of methoxy groups -OCH3 is 1. The molecule has 3 atom stereocenters. The average Bonchev–Trinajstić information content (AvgIpc) is 3.26. The second-order valence-electron chi connectivity index (χ2n) is 8.83. The van der Waals surface area contributed by atoms with Gasteiger partial charge in [-0.3, -0.25) is 19.3 Å². The molecule has 2 heterocycles. The van der Waals surface area contributed by atoms with Crippen LogP contribution in [0.5, 0.6) is 0 Å². The lowest BCUT2D eigenvalue weighted by Gasteiger charge is -2.31. The fraction of sp³-hybridized carbons (Fsp3) is 0.400. The van der Waals surface area contributed by atoms with E-state index in [-0.39, 0.29) is 29.5 Å². The summed E-state index contributed by atoms with van der Waals surface area (Å²) in [5.74, 6) is -3.01. The van der Waals surface area contributed by atoms with Crippen LogP contribution in [0.2, 0.25) is 0 Å². The minimum absolute atomic E-state index is 0.00594. The molecule has 3 amide bonds. The number of hydrogen-bond acceptors (Lipinski definition) is 7. The zero-order chi connectivity index (χ0) is 26.6. The third-order valence-corrected chi connectivity index (χ3v) is 6.07. The number of carbonyl (C=O) groups is 4. The van der Waals surface area contributed by atoms with Gasteiger partial charge in [-0.1, -0.05) is 19.9 Å². The minimum Gasteiger partial charge on any atom is -0.465 e. The van der Waals surface area contributed by atoms with Gasteiger partial charge in [0.15, 0.2) is 0 Å². The lowest BCUT2D eigenvalue weighted by molar-refractivity contribution is -0.130. The quantitative estimate of drug-likeness (QED) is 0.471. The molecule has 11 heteroatoms. The van der Waals surface area contributed by atoms with Gasteiger partial charge < -0.3 is 20.7 Å². The summed E-state index contributed by atoms with van der Waals surface area (Å²) in [4.78, 5) is 56.8. The van der Waals surface area contributed by atoms with Gasteiger partial charge in [0, 0.05) is 12.6 Å². The standard InChI is InChI=1S/C25H30FN5O5/c1-13(2)20(30-22(32)14(3)27-4)24(34)31-19(12-15-7-6-10-28-21(15)31)23(33)29-18-9-8-16(11-17(18)26)25(35)36-5/h6-11,13-14,19-20,27H,12H2,1-5H3,(H,29,33)(H,30,32). The molecule has 10 nitrogen and oxygen atoms in total. The fourth-order valence-electron chi connectivity index (χ4n) is 3.87. The van der Waals surface area contributed by atoms with Gasteiger partial charge in [-0.05, 0) is 49.7 Å². The number of rotatable bonds is 8. The van der Waals surface area contributed by atoms with Crippen LogP contribution in [0.25, 0.3) is 0 Å². The normalized spacial score (nSPS) is 16.2. The van der Waals surface area contributed by atoms with Crippen LogP contribution in [0.4, 0.5) is 15.9 Å². The maximum atomic E-state index is 14.6. The van der Waals surface area contributed by atoms with Crippen LogP contribution in [0.15, 0.2) is 36.5 Å². The summed E-state index contributed by atoms with van der Waals surface area (Å²) in [6.07, 6.45) is 1.67. The first-order valence-corrected chi connectivity index (χ1v) is 11.5. The highest BCUT2D eigenvalue weighted by Crippen LogP contribution is 2.32. The first kappa shape index (κ1) is 26.7. The number of pyridine rings is 1. The minimum atomic E-state index is -1.03. The van der Waals surface area contributed by atoms with E-state index in [1.54, 1.807) is 40.0 Å². The molecule has 192 valence electrons. The van der Waals surface area contributed by atoms with Gasteiger partial charge in [0.25, 0.3) is 5.91 Å². The van der Waals surface area contributed by atoms with Crippen molar-refractivity contribution in [3.05, 3.63) is 53.5 Å². The monoisotopic (exact) mass is 499 g/mol. The Kier molecular flexibility index (Phi) is 8.36. The van der Waals surface area contributed by atoms with Gasteiger partial charge in [-0.15, -0.1) is 0 Å². The first-order valence-electron chi connectivity index (χ1n) is 11.5. The van der Waals surface area contributed by atoms with Gasteiger partial charge in [0.2, 0.25) is 11.8 Å². The smallest absolute Gasteiger partial charge is 0.337 e. The molecule has 1 aromatic carbocycles. The molecule has 0 aliphatic carbocycles.